The van der Waals surface area contributed by atoms with Gasteiger partial charge in [-0.15, -0.1) is 0 Å². The second kappa shape index (κ2) is 7.01. The lowest BCUT2D eigenvalue weighted by atomic mass is 10.2. The number of hydrogen-bond acceptors (Lipinski definition) is 4. The van der Waals surface area contributed by atoms with Crippen LogP contribution in [0.3, 0.4) is 0 Å². The van der Waals surface area contributed by atoms with Gasteiger partial charge in [0.2, 0.25) is 5.75 Å². The summed E-state index contributed by atoms with van der Waals surface area (Å²) in [4.78, 5) is 0. The summed E-state index contributed by atoms with van der Waals surface area (Å²) < 4.78 is 16.3. The lowest BCUT2D eigenvalue weighted by molar-refractivity contribution is 0.274. The normalized spacial score (nSPS) is 10.1. The maximum absolute atomic E-state index is 5.69. The van der Waals surface area contributed by atoms with E-state index in [0.717, 1.165) is 18.7 Å². The van der Waals surface area contributed by atoms with Crippen molar-refractivity contribution in [1.82, 2.24) is 5.32 Å². The van der Waals surface area contributed by atoms with Gasteiger partial charge >= 0.3 is 0 Å². The molecule has 0 bridgehead atoms. The molecule has 1 aromatic carbocycles. The number of hydrogen-bond donors (Lipinski definition) is 1. The van der Waals surface area contributed by atoms with Gasteiger partial charge in [-0.05, 0) is 31.2 Å². The maximum atomic E-state index is 5.69. The summed E-state index contributed by atoms with van der Waals surface area (Å²) in [5.41, 5.74) is 1.08. The van der Waals surface area contributed by atoms with Gasteiger partial charge in [0.1, 0.15) is 6.61 Å². The zero-order valence-electron chi connectivity index (χ0n) is 11.0. The lowest BCUT2D eigenvalue weighted by Gasteiger charge is -2.15. The minimum absolute atomic E-state index is 0.587. The number of aryl methyl sites for hydroxylation is 1. The fourth-order valence-corrected chi connectivity index (χ4v) is 1.56. The number of likely N-dealkylation sites (N-methyl/N-ethyl adjacent to an activating group) is 1. The van der Waals surface area contributed by atoms with Crippen molar-refractivity contribution in [2.24, 2.45) is 0 Å². The molecule has 0 aliphatic rings. The Kier molecular flexibility index (Phi) is 5.63. The Morgan fingerprint density at radius 1 is 1.12 bits per heavy atom. The van der Waals surface area contributed by atoms with Gasteiger partial charge in [0, 0.05) is 6.54 Å². The van der Waals surface area contributed by atoms with Crippen molar-refractivity contribution in [3.8, 4) is 17.2 Å². The molecular formula is C13H21NO3. The fraction of sp³-hybridized carbons (Fsp3) is 0.538. The lowest BCUT2D eigenvalue weighted by Crippen LogP contribution is -2.20. The molecule has 0 spiro atoms. The topological polar surface area (TPSA) is 39.7 Å². The Morgan fingerprint density at radius 2 is 1.71 bits per heavy atom. The van der Waals surface area contributed by atoms with E-state index in [1.807, 2.05) is 19.1 Å². The molecule has 1 rings (SSSR count). The van der Waals surface area contributed by atoms with Crippen LogP contribution in [0.4, 0.5) is 0 Å². The summed E-state index contributed by atoms with van der Waals surface area (Å²) in [5, 5.41) is 3.20. The second-order valence-electron chi connectivity index (χ2n) is 3.70. The molecule has 4 heteroatoms. The van der Waals surface area contributed by atoms with Crippen LogP contribution in [-0.2, 0) is 0 Å². The molecule has 0 saturated heterocycles. The Morgan fingerprint density at radius 3 is 2.18 bits per heavy atom. The summed E-state index contributed by atoms with van der Waals surface area (Å²) >= 11 is 0. The highest BCUT2D eigenvalue weighted by Gasteiger charge is 2.12. The molecule has 0 aliphatic heterocycles. The van der Waals surface area contributed by atoms with Gasteiger partial charge in [0.05, 0.1) is 14.2 Å². The molecule has 0 fully saturated rings. The van der Waals surface area contributed by atoms with E-state index < -0.39 is 0 Å². The van der Waals surface area contributed by atoms with E-state index in [1.165, 1.54) is 0 Å². The van der Waals surface area contributed by atoms with Crippen LogP contribution < -0.4 is 19.5 Å². The third kappa shape index (κ3) is 3.82. The van der Waals surface area contributed by atoms with Crippen LogP contribution in [0, 0.1) is 6.92 Å². The molecule has 0 amide bonds. The van der Waals surface area contributed by atoms with Crippen molar-refractivity contribution >= 4 is 0 Å². The fourth-order valence-electron chi connectivity index (χ4n) is 1.56. The second-order valence-corrected chi connectivity index (χ2v) is 3.70. The highest BCUT2D eigenvalue weighted by Crippen LogP contribution is 2.38. The number of rotatable bonds is 7. The van der Waals surface area contributed by atoms with Gasteiger partial charge in [0.25, 0.3) is 0 Å². The molecule has 96 valence electrons. The van der Waals surface area contributed by atoms with Crippen LogP contribution in [0.15, 0.2) is 12.1 Å². The molecule has 0 saturated carbocycles. The van der Waals surface area contributed by atoms with E-state index in [9.17, 15) is 0 Å². The minimum atomic E-state index is 0.587. The zero-order valence-corrected chi connectivity index (χ0v) is 11.0. The van der Waals surface area contributed by atoms with Crippen LogP contribution in [0.1, 0.15) is 12.5 Å². The van der Waals surface area contributed by atoms with Gasteiger partial charge in [-0.1, -0.05) is 6.92 Å². The summed E-state index contributed by atoms with van der Waals surface area (Å²) in [7, 11) is 3.26. The molecular weight excluding hydrogens is 218 g/mol. The summed E-state index contributed by atoms with van der Waals surface area (Å²) in [6, 6.07) is 3.87. The van der Waals surface area contributed by atoms with E-state index in [0.29, 0.717) is 23.9 Å². The van der Waals surface area contributed by atoms with Crippen molar-refractivity contribution in [3.05, 3.63) is 17.7 Å². The van der Waals surface area contributed by atoms with Gasteiger partial charge in [0.15, 0.2) is 11.5 Å². The monoisotopic (exact) mass is 239 g/mol. The van der Waals surface area contributed by atoms with Gasteiger partial charge in [-0.3, -0.25) is 0 Å². The van der Waals surface area contributed by atoms with Crippen LogP contribution in [0.25, 0.3) is 0 Å². The molecule has 17 heavy (non-hydrogen) atoms. The van der Waals surface area contributed by atoms with Crippen molar-refractivity contribution < 1.29 is 14.2 Å². The van der Waals surface area contributed by atoms with Crippen molar-refractivity contribution in [2.75, 3.05) is 33.9 Å². The number of benzene rings is 1. The predicted molar refractivity (Wildman–Crippen MR) is 68.3 cm³/mol. The molecule has 0 aromatic heterocycles. The van der Waals surface area contributed by atoms with Gasteiger partial charge < -0.3 is 19.5 Å². The number of nitrogens with one attached hydrogen (secondary N) is 1. The molecule has 1 N–H and O–H groups in total. The van der Waals surface area contributed by atoms with E-state index in [2.05, 4.69) is 12.2 Å². The van der Waals surface area contributed by atoms with Crippen LogP contribution >= 0.6 is 0 Å². The quantitative estimate of drug-likeness (QED) is 0.739. The van der Waals surface area contributed by atoms with Crippen LogP contribution in [0.5, 0.6) is 17.2 Å². The standard InChI is InChI=1S/C13H21NO3/c1-5-14-6-7-17-13-11(15-3)8-10(2)9-12(13)16-4/h8-9,14H,5-7H2,1-4H3. The highest BCUT2D eigenvalue weighted by molar-refractivity contribution is 5.53. The zero-order chi connectivity index (χ0) is 12.7. The van der Waals surface area contributed by atoms with E-state index in [4.69, 9.17) is 14.2 Å². The van der Waals surface area contributed by atoms with Crippen molar-refractivity contribution in [1.29, 1.82) is 0 Å². The van der Waals surface area contributed by atoms with Crippen molar-refractivity contribution in [2.45, 2.75) is 13.8 Å². The molecule has 0 unspecified atom stereocenters. The Balaban J connectivity index is 2.79. The minimum Gasteiger partial charge on any atom is -0.493 e. The smallest absolute Gasteiger partial charge is 0.203 e. The van der Waals surface area contributed by atoms with Gasteiger partial charge in [-0.2, -0.15) is 0 Å². The summed E-state index contributed by atoms with van der Waals surface area (Å²) in [6.07, 6.45) is 0. The van der Waals surface area contributed by atoms with Crippen LogP contribution in [-0.4, -0.2) is 33.9 Å². The average Bonchev–Trinajstić information content (AvgIpc) is 2.35. The van der Waals surface area contributed by atoms with E-state index in [1.54, 1.807) is 14.2 Å². The molecule has 0 aliphatic carbocycles. The molecule has 4 nitrogen and oxygen atoms in total. The third-order valence-corrected chi connectivity index (χ3v) is 2.38. The first-order valence-corrected chi connectivity index (χ1v) is 5.79. The number of ether oxygens (including phenoxy) is 3. The number of methoxy groups -OCH3 is 2. The van der Waals surface area contributed by atoms with Gasteiger partial charge in [-0.25, -0.2) is 0 Å². The molecule has 1 aromatic rings. The Hall–Kier alpha value is -1.42. The predicted octanol–water partition coefficient (Wildman–Crippen LogP) is 2.00. The first-order valence-electron chi connectivity index (χ1n) is 5.79. The van der Waals surface area contributed by atoms with E-state index in [-0.39, 0.29) is 0 Å². The van der Waals surface area contributed by atoms with Crippen molar-refractivity contribution in [3.63, 3.8) is 0 Å². The first-order chi connectivity index (χ1) is 8.22. The highest BCUT2D eigenvalue weighted by atomic mass is 16.5. The summed E-state index contributed by atoms with van der Waals surface area (Å²) in [5.74, 6) is 2.08. The largest absolute Gasteiger partial charge is 0.493 e. The third-order valence-electron chi connectivity index (χ3n) is 2.38. The van der Waals surface area contributed by atoms with Crippen LogP contribution in [0.2, 0.25) is 0 Å². The molecule has 0 atom stereocenters. The Labute approximate surface area is 103 Å². The molecule has 0 heterocycles. The summed E-state index contributed by atoms with van der Waals surface area (Å²) in [6.45, 7) is 6.38. The maximum Gasteiger partial charge on any atom is 0.203 e. The average molecular weight is 239 g/mol. The SMILES string of the molecule is CCNCCOc1c(OC)cc(C)cc1OC. The Bertz CT molecular complexity index is 328. The first kappa shape index (κ1) is 13.6. The van der Waals surface area contributed by atoms with E-state index >= 15 is 0 Å². The molecule has 0 radical (unpaired) electrons.